The van der Waals surface area contributed by atoms with Crippen molar-refractivity contribution in [1.82, 2.24) is 15.6 Å². The highest BCUT2D eigenvalue weighted by Gasteiger charge is 2.14. The molecule has 0 radical (unpaired) electrons. The summed E-state index contributed by atoms with van der Waals surface area (Å²) in [5, 5.41) is 15.4. The van der Waals surface area contributed by atoms with Crippen LogP contribution < -0.4 is 25.0 Å². The second-order valence-electron chi connectivity index (χ2n) is 8.39. The molecule has 0 aliphatic carbocycles. The lowest BCUT2D eigenvalue weighted by molar-refractivity contribution is -0.120. The standard InChI is InChI=1S/C29H29N5O5S/c1-3-37-25-17-21(13-14-24(25)39-16-15-38-22-10-5-4-6-11-22)19-30-32-26(35)18-27-33-34-29(40-27)31-28(36)23-12-8-7-9-20(23)2/h4-14,17,19H,3,15-16,18H2,1-2H3,(H,32,35)(H,31,34,36). The first-order valence-corrected chi connectivity index (χ1v) is 13.4. The molecule has 1 heterocycles. The topological polar surface area (TPSA) is 124 Å². The maximum Gasteiger partial charge on any atom is 0.257 e. The molecule has 0 atom stereocenters. The SMILES string of the molecule is CCOc1cc(C=NNC(=O)Cc2nnc(NC(=O)c3ccccc3C)s2)ccc1OCCOc1ccccc1. The van der Waals surface area contributed by atoms with Crippen molar-refractivity contribution < 1.29 is 23.8 Å². The molecule has 11 heteroatoms. The number of hydrazone groups is 1. The van der Waals surface area contributed by atoms with Crippen molar-refractivity contribution >= 4 is 34.5 Å². The van der Waals surface area contributed by atoms with Crippen molar-refractivity contribution in [2.45, 2.75) is 20.3 Å². The van der Waals surface area contributed by atoms with Crippen LogP contribution in [0.5, 0.6) is 17.2 Å². The van der Waals surface area contributed by atoms with Gasteiger partial charge in [-0.15, -0.1) is 10.2 Å². The number of benzene rings is 3. The minimum atomic E-state index is -0.368. The van der Waals surface area contributed by atoms with Gasteiger partial charge in [0.1, 0.15) is 24.0 Å². The van der Waals surface area contributed by atoms with Crippen molar-refractivity contribution in [3.05, 3.63) is 94.5 Å². The zero-order chi connectivity index (χ0) is 28.2. The van der Waals surface area contributed by atoms with Gasteiger partial charge in [0.2, 0.25) is 11.0 Å². The number of nitrogens with zero attached hydrogens (tertiary/aromatic N) is 3. The Bertz CT molecular complexity index is 1460. The molecule has 0 fully saturated rings. The summed E-state index contributed by atoms with van der Waals surface area (Å²) >= 11 is 1.13. The van der Waals surface area contributed by atoms with Gasteiger partial charge in [0.05, 0.1) is 19.2 Å². The second kappa shape index (κ2) is 14.4. The van der Waals surface area contributed by atoms with Crippen molar-refractivity contribution in [1.29, 1.82) is 0 Å². The van der Waals surface area contributed by atoms with E-state index in [0.29, 0.717) is 52.6 Å². The molecule has 3 aromatic carbocycles. The molecule has 4 aromatic rings. The van der Waals surface area contributed by atoms with Crippen LogP contribution in [0.1, 0.15) is 33.4 Å². The Morgan fingerprint density at radius 3 is 2.50 bits per heavy atom. The van der Waals surface area contributed by atoms with Crippen molar-refractivity contribution in [3.63, 3.8) is 0 Å². The third kappa shape index (κ3) is 8.37. The Morgan fingerprint density at radius 2 is 1.70 bits per heavy atom. The van der Waals surface area contributed by atoms with Gasteiger partial charge in [-0.1, -0.05) is 47.7 Å². The lowest BCUT2D eigenvalue weighted by Crippen LogP contribution is -2.19. The Hall–Kier alpha value is -4.77. The van der Waals surface area contributed by atoms with Crippen LogP contribution in [0.15, 0.2) is 77.9 Å². The Morgan fingerprint density at radius 1 is 0.925 bits per heavy atom. The van der Waals surface area contributed by atoms with Gasteiger partial charge in [-0.25, -0.2) is 5.43 Å². The number of anilines is 1. The summed E-state index contributed by atoms with van der Waals surface area (Å²) in [5.41, 5.74) is 4.60. The summed E-state index contributed by atoms with van der Waals surface area (Å²) < 4.78 is 17.2. The first-order chi connectivity index (χ1) is 19.5. The third-order valence-corrected chi connectivity index (χ3v) is 6.25. The van der Waals surface area contributed by atoms with Gasteiger partial charge in [-0.05, 0) is 61.4 Å². The van der Waals surface area contributed by atoms with Gasteiger partial charge in [-0.2, -0.15) is 5.10 Å². The molecule has 0 saturated carbocycles. The highest BCUT2D eigenvalue weighted by atomic mass is 32.1. The normalized spacial score (nSPS) is 10.8. The Kier molecular flexibility index (Phi) is 10.2. The highest BCUT2D eigenvalue weighted by molar-refractivity contribution is 7.15. The van der Waals surface area contributed by atoms with Crippen LogP contribution in [-0.4, -0.2) is 48.0 Å². The van der Waals surface area contributed by atoms with Gasteiger partial charge < -0.3 is 14.2 Å². The fourth-order valence-electron chi connectivity index (χ4n) is 3.54. The molecule has 10 nitrogen and oxygen atoms in total. The zero-order valence-electron chi connectivity index (χ0n) is 22.1. The molecule has 40 heavy (non-hydrogen) atoms. The van der Waals surface area contributed by atoms with Gasteiger partial charge >= 0.3 is 0 Å². The van der Waals surface area contributed by atoms with Crippen LogP contribution in [0.3, 0.4) is 0 Å². The third-order valence-electron chi connectivity index (χ3n) is 5.41. The number of ether oxygens (including phenoxy) is 3. The predicted molar refractivity (Wildman–Crippen MR) is 154 cm³/mol. The second-order valence-corrected chi connectivity index (χ2v) is 9.45. The van der Waals surface area contributed by atoms with E-state index in [1.54, 1.807) is 30.3 Å². The number of nitrogens with one attached hydrogen (secondary N) is 2. The van der Waals surface area contributed by atoms with Crippen LogP contribution in [0.25, 0.3) is 0 Å². The van der Waals surface area contributed by atoms with E-state index >= 15 is 0 Å². The van der Waals surface area contributed by atoms with E-state index in [4.69, 9.17) is 14.2 Å². The van der Waals surface area contributed by atoms with Gasteiger partial charge in [0, 0.05) is 5.56 Å². The Labute approximate surface area is 236 Å². The maximum absolute atomic E-state index is 12.5. The molecule has 0 saturated heterocycles. The van der Waals surface area contributed by atoms with Crippen molar-refractivity contribution in [2.75, 3.05) is 25.1 Å². The van der Waals surface area contributed by atoms with Gasteiger partial charge in [0.25, 0.3) is 5.91 Å². The van der Waals surface area contributed by atoms with E-state index in [0.717, 1.165) is 22.6 Å². The molecule has 2 N–H and O–H groups in total. The summed E-state index contributed by atoms with van der Waals surface area (Å²) in [4.78, 5) is 24.8. The summed E-state index contributed by atoms with van der Waals surface area (Å²) in [7, 11) is 0. The lowest BCUT2D eigenvalue weighted by atomic mass is 10.1. The van der Waals surface area contributed by atoms with Crippen molar-refractivity contribution in [3.8, 4) is 17.2 Å². The zero-order valence-corrected chi connectivity index (χ0v) is 22.9. The fourth-order valence-corrected chi connectivity index (χ4v) is 4.28. The Balaban J connectivity index is 1.25. The van der Waals surface area contributed by atoms with Crippen LogP contribution in [-0.2, 0) is 11.2 Å². The minimum absolute atomic E-state index is 0.0305. The lowest BCUT2D eigenvalue weighted by Gasteiger charge is -2.13. The number of aryl methyl sites for hydroxylation is 1. The fraction of sp³-hybridized carbons (Fsp3) is 0.207. The van der Waals surface area contributed by atoms with Crippen LogP contribution in [0.2, 0.25) is 0 Å². The smallest absolute Gasteiger partial charge is 0.257 e. The molecule has 0 unspecified atom stereocenters. The molecule has 206 valence electrons. The van der Waals surface area contributed by atoms with E-state index in [1.807, 2.05) is 56.3 Å². The molecule has 0 spiro atoms. The molecular weight excluding hydrogens is 530 g/mol. The summed E-state index contributed by atoms with van der Waals surface area (Å²) in [5.74, 6) is 1.28. The molecule has 0 bridgehead atoms. The monoisotopic (exact) mass is 559 g/mol. The van der Waals surface area contributed by atoms with Crippen LogP contribution in [0.4, 0.5) is 5.13 Å². The highest BCUT2D eigenvalue weighted by Crippen LogP contribution is 2.28. The summed E-state index contributed by atoms with van der Waals surface area (Å²) in [6.07, 6.45) is 1.48. The number of amides is 2. The number of carbonyl (C=O) groups is 2. The number of carbonyl (C=O) groups excluding carboxylic acids is 2. The first-order valence-electron chi connectivity index (χ1n) is 12.6. The van der Waals surface area contributed by atoms with E-state index in [9.17, 15) is 9.59 Å². The quantitative estimate of drug-likeness (QED) is 0.139. The first kappa shape index (κ1) is 28.2. The molecule has 2 amide bonds. The van der Waals surface area contributed by atoms with Gasteiger partial charge in [0.15, 0.2) is 11.5 Å². The molecule has 0 aliphatic heterocycles. The van der Waals surface area contributed by atoms with E-state index in [2.05, 4.69) is 26.0 Å². The summed E-state index contributed by atoms with van der Waals surface area (Å²) in [6.45, 7) is 4.94. The number of rotatable bonds is 13. The van der Waals surface area contributed by atoms with Crippen molar-refractivity contribution in [2.24, 2.45) is 5.10 Å². The number of para-hydroxylation sites is 1. The van der Waals surface area contributed by atoms with Crippen LogP contribution >= 0.6 is 11.3 Å². The summed E-state index contributed by atoms with van der Waals surface area (Å²) in [6, 6.07) is 22.1. The molecule has 4 rings (SSSR count). The van der Waals surface area contributed by atoms with E-state index in [1.165, 1.54) is 6.21 Å². The van der Waals surface area contributed by atoms with E-state index < -0.39 is 0 Å². The van der Waals surface area contributed by atoms with E-state index in [-0.39, 0.29) is 18.2 Å². The average molecular weight is 560 g/mol. The number of aromatic nitrogens is 2. The predicted octanol–water partition coefficient (Wildman–Crippen LogP) is 4.65. The number of hydrogen-bond acceptors (Lipinski definition) is 9. The minimum Gasteiger partial charge on any atom is -0.490 e. The largest absolute Gasteiger partial charge is 0.490 e. The van der Waals surface area contributed by atoms with Crippen LogP contribution in [0, 0.1) is 6.92 Å². The molecule has 1 aromatic heterocycles. The maximum atomic E-state index is 12.5. The molecular formula is C29H29N5O5S. The molecule has 0 aliphatic rings. The van der Waals surface area contributed by atoms with Gasteiger partial charge in [-0.3, -0.25) is 14.9 Å². The number of hydrogen-bond donors (Lipinski definition) is 2. The average Bonchev–Trinajstić information content (AvgIpc) is 3.39.